The lowest BCUT2D eigenvalue weighted by molar-refractivity contribution is -0.122. The minimum Gasteiger partial charge on any atom is -0.490 e. The second kappa shape index (κ2) is 10.5. The summed E-state index contributed by atoms with van der Waals surface area (Å²) in [7, 11) is 0. The van der Waals surface area contributed by atoms with Crippen molar-refractivity contribution in [2.75, 3.05) is 19.8 Å². The van der Waals surface area contributed by atoms with Gasteiger partial charge in [0.15, 0.2) is 11.5 Å². The SMILES string of the molecule is CCCCOc1ccc(C(=O)N[C@@H](C)C(=O)NCC)cc1OCC. The molecular formula is C18H28N2O4. The summed E-state index contributed by atoms with van der Waals surface area (Å²) in [5.74, 6) is 0.621. The fraction of sp³-hybridized carbons (Fsp3) is 0.556. The Bertz CT molecular complexity index is 546. The summed E-state index contributed by atoms with van der Waals surface area (Å²) in [6.07, 6.45) is 2.00. The quantitative estimate of drug-likeness (QED) is 0.644. The van der Waals surface area contributed by atoms with Gasteiger partial charge in [-0.2, -0.15) is 0 Å². The van der Waals surface area contributed by atoms with Crippen molar-refractivity contribution in [2.24, 2.45) is 0 Å². The molecule has 0 unspecified atom stereocenters. The maximum absolute atomic E-state index is 12.3. The second-order valence-corrected chi connectivity index (χ2v) is 5.39. The van der Waals surface area contributed by atoms with Gasteiger partial charge in [-0.15, -0.1) is 0 Å². The molecule has 24 heavy (non-hydrogen) atoms. The number of benzene rings is 1. The Morgan fingerprint density at radius 3 is 2.50 bits per heavy atom. The number of unbranched alkanes of at least 4 members (excludes halogenated alkanes) is 1. The molecule has 0 spiro atoms. The highest BCUT2D eigenvalue weighted by Gasteiger charge is 2.17. The van der Waals surface area contributed by atoms with Gasteiger partial charge in [-0.3, -0.25) is 9.59 Å². The van der Waals surface area contributed by atoms with Crippen LogP contribution >= 0.6 is 0 Å². The third-order valence-corrected chi connectivity index (χ3v) is 3.35. The van der Waals surface area contributed by atoms with Crippen LogP contribution in [0.2, 0.25) is 0 Å². The second-order valence-electron chi connectivity index (χ2n) is 5.39. The van der Waals surface area contributed by atoms with Gasteiger partial charge in [-0.25, -0.2) is 0 Å². The van der Waals surface area contributed by atoms with Gasteiger partial charge < -0.3 is 20.1 Å². The molecule has 6 nitrogen and oxygen atoms in total. The molecule has 0 aliphatic carbocycles. The standard InChI is InChI=1S/C18H28N2O4/c1-5-8-11-24-15-10-9-14(12-16(15)23-7-3)18(22)20-13(4)17(21)19-6-2/h9-10,12-13H,5-8,11H2,1-4H3,(H,19,21)(H,20,22)/t13-/m0/s1. The van der Waals surface area contributed by atoms with Crippen LogP contribution in [0.4, 0.5) is 0 Å². The number of nitrogens with one attached hydrogen (secondary N) is 2. The summed E-state index contributed by atoms with van der Waals surface area (Å²) in [6.45, 7) is 9.06. The van der Waals surface area contributed by atoms with E-state index in [0.29, 0.717) is 36.8 Å². The number of rotatable bonds is 10. The van der Waals surface area contributed by atoms with Gasteiger partial charge in [0.1, 0.15) is 6.04 Å². The third-order valence-electron chi connectivity index (χ3n) is 3.35. The van der Waals surface area contributed by atoms with E-state index in [0.717, 1.165) is 12.8 Å². The smallest absolute Gasteiger partial charge is 0.252 e. The molecular weight excluding hydrogens is 308 g/mol. The van der Waals surface area contributed by atoms with Crippen molar-refractivity contribution >= 4 is 11.8 Å². The van der Waals surface area contributed by atoms with E-state index >= 15 is 0 Å². The van der Waals surface area contributed by atoms with Crippen LogP contribution in [0.25, 0.3) is 0 Å². The molecule has 6 heteroatoms. The predicted molar refractivity (Wildman–Crippen MR) is 93.6 cm³/mol. The van der Waals surface area contributed by atoms with Crippen LogP contribution in [-0.2, 0) is 4.79 Å². The van der Waals surface area contributed by atoms with Gasteiger partial charge in [0.25, 0.3) is 5.91 Å². The van der Waals surface area contributed by atoms with Crippen molar-refractivity contribution in [2.45, 2.75) is 46.6 Å². The molecule has 1 atom stereocenters. The van der Waals surface area contributed by atoms with Gasteiger partial charge >= 0.3 is 0 Å². The molecule has 0 aliphatic heterocycles. The zero-order valence-electron chi connectivity index (χ0n) is 15.0. The van der Waals surface area contributed by atoms with E-state index in [1.54, 1.807) is 25.1 Å². The van der Waals surface area contributed by atoms with Gasteiger partial charge in [-0.05, 0) is 45.4 Å². The molecule has 2 N–H and O–H groups in total. The minimum absolute atomic E-state index is 0.213. The van der Waals surface area contributed by atoms with Crippen molar-refractivity contribution in [1.82, 2.24) is 10.6 Å². The molecule has 1 aromatic carbocycles. The van der Waals surface area contributed by atoms with Crippen LogP contribution in [0.5, 0.6) is 11.5 Å². The molecule has 0 bridgehead atoms. The minimum atomic E-state index is -0.603. The Labute approximate surface area is 143 Å². The van der Waals surface area contributed by atoms with Gasteiger partial charge in [0.05, 0.1) is 13.2 Å². The zero-order chi connectivity index (χ0) is 17.9. The Kier molecular flexibility index (Phi) is 8.68. The summed E-state index contributed by atoms with van der Waals surface area (Å²) >= 11 is 0. The summed E-state index contributed by atoms with van der Waals surface area (Å²) in [5.41, 5.74) is 0.428. The molecule has 2 amide bonds. The van der Waals surface area contributed by atoms with Crippen molar-refractivity contribution in [3.05, 3.63) is 23.8 Å². The Hall–Kier alpha value is -2.24. The maximum Gasteiger partial charge on any atom is 0.252 e. The molecule has 0 fully saturated rings. The first-order chi connectivity index (χ1) is 11.5. The van der Waals surface area contributed by atoms with Crippen LogP contribution in [0.1, 0.15) is 50.9 Å². The van der Waals surface area contributed by atoms with E-state index in [2.05, 4.69) is 17.6 Å². The van der Waals surface area contributed by atoms with Crippen molar-refractivity contribution in [3.63, 3.8) is 0 Å². The predicted octanol–water partition coefficient (Wildman–Crippen LogP) is 2.52. The molecule has 0 radical (unpaired) electrons. The monoisotopic (exact) mass is 336 g/mol. The number of likely N-dealkylation sites (N-methyl/N-ethyl adjacent to an activating group) is 1. The van der Waals surface area contributed by atoms with Gasteiger partial charge in [-0.1, -0.05) is 13.3 Å². The van der Waals surface area contributed by atoms with E-state index in [4.69, 9.17) is 9.47 Å². The van der Waals surface area contributed by atoms with E-state index in [1.165, 1.54) is 0 Å². The summed E-state index contributed by atoms with van der Waals surface area (Å²) in [5, 5.41) is 5.35. The van der Waals surface area contributed by atoms with Crippen LogP contribution in [0, 0.1) is 0 Å². The summed E-state index contributed by atoms with van der Waals surface area (Å²) in [4.78, 5) is 24.0. The highest BCUT2D eigenvalue weighted by molar-refractivity contribution is 5.97. The molecule has 134 valence electrons. The molecule has 1 aromatic rings. The number of carbonyl (C=O) groups is 2. The molecule has 0 aliphatic rings. The average Bonchev–Trinajstić information content (AvgIpc) is 2.56. The largest absolute Gasteiger partial charge is 0.490 e. The van der Waals surface area contributed by atoms with E-state index < -0.39 is 6.04 Å². The number of hydrogen-bond acceptors (Lipinski definition) is 4. The van der Waals surface area contributed by atoms with Crippen LogP contribution in [0.3, 0.4) is 0 Å². The fourth-order valence-corrected chi connectivity index (χ4v) is 2.04. The lowest BCUT2D eigenvalue weighted by Crippen LogP contribution is -2.44. The van der Waals surface area contributed by atoms with Gasteiger partial charge in [0.2, 0.25) is 5.91 Å². The highest BCUT2D eigenvalue weighted by atomic mass is 16.5. The summed E-state index contributed by atoms with van der Waals surface area (Å²) in [6, 6.07) is 4.44. The molecule has 0 aromatic heterocycles. The van der Waals surface area contributed by atoms with Gasteiger partial charge in [0, 0.05) is 12.1 Å². The number of hydrogen-bond donors (Lipinski definition) is 2. The fourth-order valence-electron chi connectivity index (χ4n) is 2.04. The third kappa shape index (κ3) is 6.10. The molecule has 0 heterocycles. The molecule has 0 saturated heterocycles. The van der Waals surface area contributed by atoms with Crippen molar-refractivity contribution in [3.8, 4) is 11.5 Å². The highest BCUT2D eigenvalue weighted by Crippen LogP contribution is 2.28. The molecule has 0 saturated carbocycles. The maximum atomic E-state index is 12.3. The summed E-state index contributed by atoms with van der Waals surface area (Å²) < 4.78 is 11.3. The first kappa shape index (κ1) is 19.8. The van der Waals surface area contributed by atoms with Crippen molar-refractivity contribution in [1.29, 1.82) is 0 Å². The number of amides is 2. The van der Waals surface area contributed by atoms with E-state index in [-0.39, 0.29) is 11.8 Å². The average molecular weight is 336 g/mol. The van der Waals surface area contributed by atoms with Crippen LogP contribution < -0.4 is 20.1 Å². The topological polar surface area (TPSA) is 76.7 Å². The number of ether oxygens (including phenoxy) is 2. The van der Waals surface area contributed by atoms with Crippen molar-refractivity contribution < 1.29 is 19.1 Å². The van der Waals surface area contributed by atoms with Crippen LogP contribution in [-0.4, -0.2) is 37.6 Å². The van der Waals surface area contributed by atoms with E-state index in [9.17, 15) is 9.59 Å². The first-order valence-electron chi connectivity index (χ1n) is 8.51. The lowest BCUT2D eigenvalue weighted by Gasteiger charge is -2.15. The first-order valence-corrected chi connectivity index (χ1v) is 8.51. The Morgan fingerprint density at radius 1 is 1.12 bits per heavy atom. The van der Waals surface area contributed by atoms with E-state index in [1.807, 2.05) is 13.8 Å². The molecule has 1 rings (SSSR count). The zero-order valence-corrected chi connectivity index (χ0v) is 15.0. The van der Waals surface area contributed by atoms with Crippen LogP contribution in [0.15, 0.2) is 18.2 Å². The lowest BCUT2D eigenvalue weighted by atomic mass is 10.1. The number of carbonyl (C=O) groups excluding carboxylic acids is 2. The Balaban J connectivity index is 2.81. The normalized spacial score (nSPS) is 11.5. The Morgan fingerprint density at radius 2 is 1.88 bits per heavy atom.